The van der Waals surface area contributed by atoms with Crippen LogP contribution in [0.3, 0.4) is 0 Å². The van der Waals surface area contributed by atoms with Crippen LogP contribution in [-0.2, 0) is 17.6 Å². The first-order valence-corrected chi connectivity index (χ1v) is 8.28. The van der Waals surface area contributed by atoms with Crippen molar-refractivity contribution in [3.05, 3.63) is 47.9 Å². The lowest BCUT2D eigenvalue weighted by Crippen LogP contribution is -2.25. The number of hydrogen-bond donors (Lipinski definition) is 1. The van der Waals surface area contributed by atoms with Crippen LogP contribution >= 0.6 is 0 Å². The molecule has 1 fully saturated rings. The van der Waals surface area contributed by atoms with Crippen LogP contribution in [0.4, 0.5) is 5.82 Å². The first kappa shape index (κ1) is 14.8. The summed E-state index contributed by atoms with van der Waals surface area (Å²) in [7, 11) is 0. The van der Waals surface area contributed by atoms with E-state index >= 15 is 0 Å². The summed E-state index contributed by atoms with van der Waals surface area (Å²) in [4.78, 5) is 18.2. The Bertz CT molecular complexity index is 781. The van der Waals surface area contributed by atoms with Gasteiger partial charge >= 0.3 is 0 Å². The second kappa shape index (κ2) is 6.00. The quantitative estimate of drug-likeness (QED) is 0.877. The Kier molecular flexibility index (Phi) is 3.69. The number of amides is 1. The van der Waals surface area contributed by atoms with Gasteiger partial charge in [-0.3, -0.25) is 4.79 Å². The summed E-state index contributed by atoms with van der Waals surface area (Å²) < 4.78 is 2.09. The van der Waals surface area contributed by atoms with Gasteiger partial charge in [-0.2, -0.15) is 5.26 Å². The van der Waals surface area contributed by atoms with Crippen molar-refractivity contribution < 1.29 is 4.79 Å². The zero-order valence-electron chi connectivity index (χ0n) is 13.4. The molecule has 1 N–H and O–H groups in total. The van der Waals surface area contributed by atoms with Crippen LogP contribution in [0.15, 0.2) is 36.8 Å². The number of carbonyl (C=O) groups excluding carboxylic acids is 1. The Morgan fingerprint density at radius 3 is 2.71 bits per heavy atom. The van der Waals surface area contributed by atoms with Crippen LogP contribution in [0, 0.1) is 17.4 Å². The monoisotopic (exact) mass is 321 g/mol. The van der Waals surface area contributed by atoms with Gasteiger partial charge in [0.05, 0.1) is 12.2 Å². The number of rotatable bonds is 3. The van der Waals surface area contributed by atoms with Crippen LogP contribution in [0.2, 0.25) is 0 Å². The average Bonchev–Trinajstić information content (AvgIpc) is 3.32. The molecule has 2 aromatic rings. The van der Waals surface area contributed by atoms with E-state index in [1.807, 2.05) is 6.20 Å². The number of hydrogen-bond acceptors (Lipinski definition) is 4. The highest BCUT2D eigenvalue weighted by atomic mass is 16.2. The number of nitrogens with one attached hydrogen (secondary N) is 1. The van der Waals surface area contributed by atoms with Crippen molar-refractivity contribution in [3.8, 4) is 6.19 Å². The number of nitrogens with zero attached hydrogens (tertiary/aromatic N) is 4. The van der Waals surface area contributed by atoms with E-state index in [2.05, 4.69) is 45.3 Å². The lowest BCUT2D eigenvalue weighted by Gasteiger charge is -2.11. The minimum atomic E-state index is -0.134. The minimum absolute atomic E-state index is 0.0484. The Morgan fingerprint density at radius 2 is 2.04 bits per heavy atom. The molecule has 0 spiro atoms. The number of nitriles is 1. The molecule has 24 heavy (non-hydrogen) atoms. The molecule has 0 saturated carbocycles. The topological polar surface area (TPSA) is 74.0 Å². The fourth-order valence-corrected chi connectivity index (χ4v) is 3.64. The number of carbonyl (C=O) groups is 1. The van der Waals surface area contributed by atoms with Gasteiger partial charge in [-0.1, -0.05) is 24.3 Å². The molecule has 6 nitrogen and oxygen atoms in total. The van der Waals surface area contributed by atoms with Crippen LogP contribution in [-0.4, -0.2) is 33.4 Å². The molecule has 1 aromatic carbocycles. The van der Waals surface area contributed by atoms with Crippen molar-refractivity contribution in [2.45, 2.75) is 25.3 Å². The number of benzene rings is 1. The number of anilines is 1. The molecule has 6 heteroatoms. The molecule has 2 heterocycles. The van der Waals surface area contributed by atoms with E-state index in [1.54, 1.807) is 11.2 Å². The maximum absolute atomic E-state index is 12.3. The van der Waals surface area contributed by atoms with E-state index in [-0.39, 0.29) is 11.8 Å². The van der Waals surface area contributed by atoms with E-state index in [1.165, 1.54) is 11.1 Å². The van der Waals surface area contributed by atoms with Gasteiger partial charge in [-0.25, -0.2) is 4.98 Å². The van der Waals surface area contributed by atoms with E-state index in [9.17, 15) is 4.79 Å². The normalized spacial score (nSPS) is 20.0. The van der Waals surface area contributed by atoms with Crippen LogP contribution < -0.4 is 5.32 Å². The second-order valence-electron chi connectivity index (χ2n) is 6.56. The highest BCUT2D eigenvalue weighted by molar-refractivity contribution is 5.91. The van der Waals surface area contributed by atoms with E-state index < -0.39 is 0 Å². The van der Waals surface area contributed by atoms with Crippen molar-refractivity contribution in [1.29, 1.82) is 5.26 Å². The van der Waals surface area contributed by atoms with Crippen molar-refractivity contribution in [1.82, 2.24) is 14.5 Å². The SMILES string of the molecule is N#CN1CCC(C(=O)Nc2cn(C3Cc4ccccc4C3)cn2)C1. The Morgan fingerprint density at radius 1 is 1.29 bits per heavy atom. The summed E-state index contributed by atoms with van der Waals surface area (Å²) in [5, 5.41) is 11.8. The maximum Gasteiger partial charge on any atom is 0.230 e. The molecule has 1 aliphatic carbocycles. The average molecular weight is 321 g/mol. The van der Waals surface area contributed by atoms with Gasteiger partial charge in [-0.15, -0.1) is 0 Å². The molecule has 0 bridgehead atoms. The third-order valence-electron chi connectivity index (χ3n) is 5.00. The summed E-state index contributed by atoms with van der Waals surface area (Å²) in [5.41, 5.74) is 2.79. The van der Waals surface area contributed by atoms with Gasteiger partial charge < -0.3 is 14.8 Å². The molecular formula is C18H19N5O. The predicted octanol–water partition coefficient (Wildman–Crippen LogP) is 1.96. The largest absolute Gasteiger partial charge is 0.332 e. The second-order valence-corrected chi connectivity index (χ2v) is 6.56. The smallest absolute Gasteiger partial charge is 0.230 e. The number of likely N-dealkylation sites (tertiary alicyclic amines) is 1. The van der Waals surface area contributed by atoms with Crippen LogP contribution in [0.25, 0.3) is 0 Å². The molecule has 1 amide bonds. The van der Waals surface area contributed by atoms with Crippen molar-refractivity contribution in [2.75, 3.05) is 18.4 Å². The highest BCUT2D eigenvalue weighted by Gasteiger charge is 2.28. The fraction of sp³-hybridized carbons (Fsp3) is 0.389. The molecule has 1 saturated heterocycles. The summed E-state index contributed by atoms with van der Waals surface area (Å²) in [6, 6.07) is 8.87. The molecule has 1 atom stereocenters. The summed E-state index contributed by atoms with van der Waals surface area (Å²) >= 11 is 0. The maximum atomic E-state index is 12.3. The van der Waals surface area contributed by atoms with Crippen LogP contribution in [0.5, 0.6) is 0 Å². The van der Waals surface area contributed by atoms with Gasteiger partial charge in [0, 0.05) is 25.3 Å². The molecule has 122 valence electrons. The summed E-state index contributed by atoms with van der Waals surface area (Å²) in [5.74, 6) is 0.407. The van der Waals surface area contributed by atoms with E-state index in [0.717, 1.165) is 19.3 Å². The van der Waals surface area contributed by atoms with Gasteiger partial charge in [0.25, 0.3) is 0 Å². The first-order valence-electron chi connectivity index (χ1n) is 8.28. The number of aromatic nitrogens is 2. The van der Waals surface area contributed by atoms with Crippen LogP contribution in [0.1, 0.15) is 23.6 Å². The zero-order valence-corrected chi connectivity index (χ0v) is 13.4. The van der Waals surface area contributed by atoms with Gasteiger partial charge in [0.2, 0.25) is 5.91 Å². The highest BCUT2D eigenvalue weighted by Crippen LogP contribution is 2.30. The summed E-state index contributed by atoms with van der Waals surface area (Å²) in [6.07, 6.45) is 8.52. The standard InChI is InChI=1S/C18H19N5O/c19-11-22-6-5-15(9-22)18(24)21-17-10-23(12-20-17)16-7-13-3-1-2-4-14(13)8-16/h1-4,10,12,15-16H,5-9H2,(H,21,24). The van der Waals surface area contributed by atoms with Crippen molar-refractivity contribution >= 4 is 11.7 Å². The number of imidazole rings is 1. The van der Waals surface area contributed by atoms with E-state index in [4.69, 9.17) is 5.26 Å². The van der Waals surface area contributed by atoms with Crippen molar-refractivity contribution in [3.63, 3.8) is 0 Å². The number of fused-ring (bicyclic) bond motifs is 1. The molecule has 1 aromatic heterocycles. The Balaban J connectivity index is 1.39. The van der Waals surface area contributed by atoms with E-state index in [0.29, 0.717) is 24.9 Å². The molecule has 0 radical (unpaired) electrons. The summed E-state index contributed by atoms with van der Waals surface area (Å²) in [6.45, 7) is 1.16. The predicted molar refractivity (Wildman–Crippen MR) is 89.0 cm³/mol. The molecular weight excluding hydrogens is 302 g/mol. The molecule has 1 aliphatic heterocycles. The van der Waals surface area contributed by atoms with Gasteiger partial charge in [0.1, 0.15) is 0 Å². The first-order chi connectivity index (χ1) is 11.7. The van der Waals surface area contributed by atoms with Gasteiger partial charge in [-0.05, 0) is 30.4 Å². The van der Waals surface area contributed by atoms with Crippen molar-refractivity contribution in [2.24, 2.45) is 5.92 Å². The van der Waals surface area contributed by atoms with Gasteiger partial charge in [0.15, 0.2) is 12.0 Å². The molecule has 1 unspecified atom stereocenters. The minimum Gasteiger partial charge on any atom is -0.332 e. The Hall–Kier alpha value is -2.81. The molecule has 4 rings (SSSR count). The fourth-order valence-electron chi connectivity index (χ4n) is 3.64. The lowest BCUT2D eigenvalue weighted by molar-refractivity contribution is -0.119. The lowest BCUT2D eigenvalue weighted by atomic mass is 10.1. The zero-order chi connectivity index (χ0) is 16.5. The molecule has 2 aliphatic rings. The third-order valence-corrected chi connectivity index (χ3v) is 5.00. The third kappa shape index (κ3) is 2.73. The Labute approximate surface area is 140 Å².